The van der Waals surface area contributed by atoms with Crippen molar-refractivity contribution in [3.63, 3.8) is 0 Å². The van der Waals surface area contributed by atoms with Gasteiger partial charge in [-0.3, -0.25) is 19.3 Å². The number of rotatable bonds is 5. The molecule has 0 saturated carbocycles. The molecule has 3 amide bonds. The summed E-state index contributed by atoms with van der Waals surface area (Å²) in [7, 11) is 0. The number of fused-ring (bicyclic) bond motifs is 1. The molecule has 0 radical (unpaired) electrons. The van der Waals surface area contributed by atoms with Gasteiger partial charge in [-0.2, -0.15) is 0 Å². The molecule has 0 bridgehead atoms. The second-order valence-electron chi connectivity index (χ2n) is 6.11. The highest BCUT2D eigenvalue weighted by molar-refractivity contribution is 6.07. The molecule has 6 heteroatoms. The predicted molar refractivity (Wildman–Crippen MR) is 85.2 cm³/mol. The molecule has 1 aliphatic heterocycles. The minimum absolute atomic E-state index is 0.254. The smallest absolute Gasteiger partial charge is 0.240 e. The summed E-state index contributed by atoms with van der Waals surface area (Å²) in [5.41, 5.74) is 0.517. The number of amides is 3. The number of carbonyl (C=O) groups excluding carboxylic acids is 3. The van der Waals surface area contributed by atoms with E-state index >= 15 is 0 Å². The third kappa shape index (κ3) is 3.22. The van der Waals surface area contributed by atoms with Crippen LogP contribution in [0.25, 0.3) is 0 Å². The topological polar surface area (TPSA) is 66.5 Å². The fourth-order valence-corrected chi connectivity index (χ4v) is 3.26. The molecule has 1 saturated heterocycles. The van der Waals surface area contributed by atoms with Crippen molar-refractivity contribution in [1.82, 2.24) is 10.2 Å². The molecule has 1 aliphatic carbocycles. The van der Waals surface area contributed by atoms with Crippen molar-refractivity contribution in [2.45, 2.75) is 19.3 Å². The Morgan fingerprint density at radius 2 is 1.75 bits per heavy atom. The third-order valence-corrected chi connectivity index (χ3v) is 4.57. The van der Waals surface area contributed by atoms with Crippen molar-refractivity contribution in [1.29, 1.82) is 0 Å². The molecule has 126 valence electrons. The van der Waals surface area contributed by atoms with E-state index in [0.29, 0.717) is 24.8 Å². The first-order valence-electron chi connectivity index (χ1n) is 8.08. The Kier molecular flexibility index (Phi) is 4.74. The maximum atomic E-state index is 13.5. The lowest BCUT2D eigenvalue weighted by atomic mass is 9.85. The molecule has 1 aromatic rings. The van der Waals surface area contributed by atoms with Crippen molar-refractivity contribution < 1.29 is 18.8 Å². The zero-order valence-corrected chi connectivity index (χ0v) is 13.2. The molecule has 0 unspecified atom stereocenters. The molecule has 1 heterocycles. The number of benzene rings is 1. The van der Waals surface area contributed by atoms with Crippen molar-refractivity contribution in [2.24, 2.45) is 11.8 Å². The summed E-state index contributed by atoms with van der Waals surface area (Å²) >= 11 is 0. The van der Waals surface area contributed by atoms with E-state index in [1.165, 1.54) is 6.07 Å². The zero-order valence-electron chi connectivity index (χ0n) is 13.2. The van der Waals surface area contributed by atoms with Gasteiger partial charge in [-0.25, -0.2) is 4.39 Å². The minimum Gasteiger partial charge on any atom is -0.354 e. The summed E-state index contributed by atoms with van der Waals surface area (Å²) in [5.74, 6) is -1.90. The lowest BCUT2D eigenvalue weighted by molar-refractivity contribution is -0.143. The Balaban J connectivity index is 1.51. The van der Waals surface area contributed by atoms with Crippen molar-refractivity contribution >= 4 is 17.7 Å². The van der Waals surface area contributed by atoms with Crippen LogP contribution in [-0.2, 0) is 20.8 Å². The van der Waals surface area contributed by atoms with E-state index in [0.717, 1.165) is 4.90 Å². The van der Waals surface area contributed by atoms with Gasteiger partial charge in [-0.15, -0.1) is 0 Å². The minimum atomic E-state index is -0.403. The number of allylic oxidation sites excluding steroid dienone is 2. The van der Waals surface area contributed by atoms with Crippen LogP contribution in [0.3, 0.4) is 0 Å². The average molecular weight is 330 g/mol. The summed E-state index contributed by atoms with van der Waals surface area (Å²) in [5, 5.41) is 2.64. The van der Waals surface area contributed by atoms with Crippen molar-refractivity contribution in [2.75, 3.05) is 13.1 Å². The normalized spacial score (nSPS) is 22.6. The van der Waals surface area contributed by atoms with Gasteiger partial charge in [0.25, 0.3) is 0 Å². The molecule has 24 heavy (non-hydrogen) atoms. The van der Waals surface area contributed by atoms with Gasteiger partial charge in [0.1, 0.15) is 12.4 Å². The van der Waals surface area contributed by atoms with Gasteiger partial charge in [0.2, 0.25) is 17.7 Å². The van der Waals surface area contributed by atoms with Gasteiger partial charge in [0, 0.05) is 6.54 Å². The molecule has 2 atom stereocenters. The van der Waals surface area contributed by atoms with Crippen LogP contribution in [0, 0.1) is 17.7 Å². The highest BCUT2D eigenvalue weighted by Crippen LogP contribution is 2.34. The van der Waals surface area contributed by atoms with Gasteiger partial charge in [-0.1, -0.05) is 30.4 Å². The molecule has 1 fully saturated rings. The molecular weight excluding hydrogens is 311 g/mol. The Morgan fingerprint density at radius 3 is 2.38 bits per heavy atom. The maximum Gasteiger partial charge on any atom is 0.240 e. The summed E-state index contributed by atoms with van der Waals surface area (Å²) in [6.45, 7) is -0.00760. The highest BCUT2D eigenvalue weighted by Gasteiger charge is 2.47. The zero-order chi connectivity index (χ0) is 17.1. The summed E-state index contributed by atoms with van der Waals surface area (Å²) in [6, 6.07) is 6.37. The van der Waals surface area contributed by atoms with Gasteiger partial charge >= 0.3 is 0 Å². The molecule has 0 spiro atoms. The van der Waals surface area contributed by atoms with E-state index in [1.807, 2.05) is 12.2 Å². The number of nitrogens with zero attached hydrogens (tertiary/aromatic N) is 1. The first-order chi connectivity index (χ1) is 11.6. The number of nitrogens with one attached hydrogen (secondary N) is 1. The molecule has 1 aromatic carbocycles. The summed E-state index contributed by atoms with van der Waals surface area (Å²) in [6.07, 6.45) is 5.28. The van der Waals surface area contributed by atoms with Gasteiger partial charge in [0.15, 0.2) is 0 Å². The van der Waals surface area contributed by atoms with E-state index in [2.05, 4.69) is 5.32 Å². The molecule has 2 aliphatic rings. The van der Waals surface area contributed by atoms with Gasteiger partial charge < -0.3 is 5.32 Å². The lowest BCUT2D eigenvalue weighted by Gasteiger charge is -2.14. The fraction of sp³-hybridized carbons (Fsp3) is 0.389. The summed E-state index contributed by atoms with van der Waals surface area (Å²) in [4.78, 5) is 37.6. The number of imide groups is 1. The standard InChI is InChI=1S/C18H19FN2O3/c19-15-8-4-1-5-12(15)9-10-20-16(22)11-21-17(23)13-6-2-3-7-14(13)18(21)24/h1-5,8,13-14H,6-7,9-11H2,(H,20,22)/t13-,14-/m1/s1. The van der Waals surface area contributed by atoms with Crippen molar-refractivity contribution in [3.05, 3.63) is 47.8 Å². The van der Waals surface area contributed by atoms with Crippen LogP contribution in [0.15, 0.2) is 36.4 Å². The second-order valence-corrected chi connectivity index (χ2v) is 6.11. The molecule has 3 rings (SSSR count). The Labute approximate surface area is 139 Å². The van der Waals surface area contributed by atoms with E-state index in [-0.39, 0.29) is 42.6 Å². The van der Waals surface area contributed by atoms with Crippen LogP contribution in [0.2, 0.25) is 0 Å². The van der Waals surface area contributed by atoms with E-state index < -0.39 is 5.91 Å². The van der Waals surface area contributed by atoms with Gasteiger partial charge in [-0.05, 0) is 30.9 Å². The first kappa shape index (κ1) is 16.4. The van der Waals surface area contributed by atoms with E-state index in [4.69, 9.17) is 0 Å². The second kappa shape index (κ2) is 6.95. The lowest BCUT2D eigenvalue weighted by Crippen LogP contribution is -2.41. The number of carbonyl (C=O) groups is 3. The predicted octanol–water partition coefficient (Wildman–Crippen LogP) is 1.44. The monoisotopic (exact) mass is 330 g/mol. The molecule has 0 aromatic heterocycles. The Hall–Kier alpha value is -2.50. The third-order valence-electron chi connectivity index (χ3n) is 4.57. The number of hydrogen-bond acceptors (Lipinski definition) is 3. The van der Waals surface area contributed by atoms with Crippen molar-refractivity contribution in [3.8, 4) is 0 Å². The summed E-state index contributed by atoms with van der Waals surface area (Å²) < 4.78 is 13.5. The van der Waals surface area contributed by atoms with Crippen LogP contribution >= 0.6 is 0 Å². The van der Waals surface area contributed by atoms with Gasteiger partial charge in [0.05, 0.1) is 11.8 Å². The van der Waals surface area contributed by atoms with Crippen LogP contribution < -0.4 is 5.32 Å². The van der Waals surface area contributed by atoms with E-state index in [9.17, 15) is 18.8 Å². The average Bonchev–Trinajstić information content (AvgIpc) is 2.82. The SMILES string of the molecule is O=C(CN1C(=O)[C@@H]2CC=CC[C@H]2C1=O)NCCc1ccccc1F. The highest BCUT2D eigenvalue weighted by atomic mass is 19.1. The Morgan fingerprint density at radius 1 is 1.12 bits per heavy atom. The van der Waals surface area contributed by atoms with Crippen LogP contribution in [0.5, 0.6) is 0 Å². The molecular formula is C18H19FN2O3. The number of halogens is 1. The number of likely N-dealkylation sites (tertiary alicyclic amines) is 1. The Bertz CT molecular complexity index is 675. The fourth-order valence-electron chi connectivity index (χ4n) is 3.26. The molecule has 5 nitrogen and oxygen atoms in total. The molecule has 1 N–H and O–H groups in total. The quantitative estimate of drug-likeness (QED) is 0.656. The van der Waals surface area contributed by atoms with Crippen LogP contribution in [-0.4, -0.2) is 35.7 Å². The largest absolute Gasteiger partial charge is 0.354 e. The first-order valence-corrected chi connectivity index (χ1v) is 8.08. The number of hydrogen-bond donors (Lipinski definition) is 1. The van der Waals surface area contributed by atoms with Crippen LogP contribution in [0.1, 0.15) is 18.4 Å². The van der Waals surface area contributed by atoms with E-state index in [1.54, 1.807) is 18.2 Å². The van der Waals surface area contributed by atoms with Crippen LogP contribution in [0.4, 0.5) is 4.39 Å². The maximum absolute atomic E-state index is 13.5.